The summed E-state index contributed by atoms with van der Waals surface area (Å²) in [7, 11) is 1.40. The second kappa shape index (κ2) is 8.81. The first-order chi connectivity index (χ1) is 13.9. The highest BCUT2D eigenvalue weighted by atomic mass is 19.1. The van der Waals surface area contributed by atoms with Crippen molar-refractivity contribution in [3.63, 3.8) is 0 Å². The maximum Gasteiger partial charge on any atom is 0.156 e. The lowest BCUT2D eigenvalue weighted by molar-refractivity contribution is 0.597. The highest BCUT2D eigenvalue weighted by molar-refractivity contribution is 6.52. The highest BCUT2D eigenvalue weighted by Crippen LogP contribution is 2.14. The van der Waals surface area contributed by atoms with Crippen LogP contribution in [-0.2, 0) is 0 Å². The predicted molar refractivity (Wildman–Crippen MR) is 117 cm³/mol. The van der Waals surface area contributed by atoms with Gasteiger partial charge >= 0.3 is 0 Å². The van der Waals surface area contributed by atoms with Gasteiger partial charge in [0.2, 0.25) is 0 Å². The molecule has 0 bridgehead atoms. The van der Waals surface area contributed by atoms with Crippen LogP contribution in [0.5, 0.6) is 0 Å². The van der Waals surface area contributed by atoms with E-state index in [0.717, 1.165) is 22.3 Å². The molecule has 3 aromatic carbocycles. The van der Waals surface area contributed by atoms with Crippen LogP contribution >= 0.6 is 0 Å². The van der Waals surface area contributed by atoms with E-state index in [1.165, 1.54) is 30.5 Å². The van der Waals surface area contributed by atoms with Crippen LogP contribution < -0.4 is 5.46 Å². The Kier molecular flexibility index (Phi) is 6.21. The molecule has 3 rings (SSSR count). The van der Waals surface area contributed by atoms with Crippen molar-refractivity contribution in [3.05, 3.63) is 99.1 Å². The van der Waals surface area contributed by atoms with Crippen LogP contribution in [0.3, 0.4) is 0 Å². The van der Waals surface area contributed by atoms with Gasteiger partial charge in [-0.2, -0.15) is 0 Å². The highest BCUT2D eigenvalue weighted by Gasteiger charge is 2.08. The molecule has 0 atom stereocenters. The Bertz CT molecular complexity index is 1160. The van der Waals surface area contributed by atoms with Gasteiger partial charge in [-0.1, -0.05) is 36.6 Å². The predicted octanol–water partition coefficient (Wildman–Crippen LogP) is 5.07. The molecule has 0 aliphatic carbocycles. The lowest BCUT2D eigenvalue weighted by Gasteiger charge is -2.04. The Morgan fingerprint density at radius 1 is 0.621 bits per heavy atom. The lowest BCUT2D eigenvalue weighted by atomic mass is 9.72. The van der Waals surface area contributed by atoms with Crippen LogP contribution in [-0.4, -0.2) is 7.28 Å². The van der Waals surface area contributed by atoms with E-state index in [9.17, 15) is 8.78 Å². The summed E-state index contributed by atoms with van der Waals surface area (Å²) in [6.45, 7) is 7.84. The van der Waals surface area contributed by atoms with Gasteiger partial charge in [-0.05, 0) is 85.4 Å². The molecule has 29 heavy (non-hydrogen) atoms. The zero-order chi connectivity index (χ0) is 21.0. The van der Waals surface area contributed by atoms with Crippen LogP contribution in [0.15, 0.2) is 48.5 Å². The average molecular weight is 381 g/mol. The molecule has 1 radical (unpaired) electrons. The first-order valence-electron chi connectivity index (χ1n) is 9.37. The molecule has 0 aliphatic rings. The number of hydrogen-bond acceptors (Lipinski definition) is 0. The van der Waals surface area contributed by atoms with Gasteiger partial charge in [0, 0.05) is 22.3 Å². The Morgan fingerprint density at radius 2 is 1.10 bits per heavy atom. The SMILES string of the molecule is C[B]c1c(F)cc(C#Cc2ccc(C#Cc3cc(C)c(C)cc3C)cc2)cc1F. The van der Waals surface area contributed by atoms with Crippen molar-refractivity contribution < 1.29 is 8.78 Å². The summed E-state index contributed by atoms with van der Waals surface area (Å²) in [5.74, 6) is 10.9. The van der Waals surface area contributed by atoms with Crippen LogP contribution in [0.1, 0.15) is 38.9 Å². The van der Waals surface area contributed by atoms with E-state index >= 15 is 0 Å². The lowest BCUT2D eigenvalue weighted by Crippen LogP contribution is -2.20. The number of halogens is 2. The number of aryl methyl sites for hydroxylation is 3. The van der Waals surface area contributed by atoms with Gasteiger partial charge in [0.05, 0.1) is 0 Å². The van der Waals surface area contributed by atoms with Crippen LogP contribution in [0.2, 0.25) is 6.82 Å². The Morgan fingerprint density at radius 3 is 1.66 bits per heavy atom. The number of rotatable bonds is 1. The Labute approximate surface area is 172 Å². The quantitative estimate of drug-likeness (QED) is 0.408. The Balaban J connectivity index is 1.79. The largest absolute Gasteiger partial charge is 0.207 e. The third-order valence-electron chi connectivity index (χ3n) is 4.79. The molecule has 0 nitrogen and oxygen atoms in total. The van der Waals surface area contributed by atoms with Crippen molar-refractivity contribution in [2.75, 3.05) is 0 Å². The minimum atomic E-state index is -0.607. The molecule has 0 heterocycles. The Hall–Kier alpha value is -3.30. The zero-order valence-electron chi connectivity index (χ0n) is 17.0. The van der Waals surface area contributed by atoms with Crippen LogP contribution in [0, 0.1) is 56.1 Å². The van der Waals surface area contributed by atoms with Crippen molar-refractivity contribution in [1.29, 1.82) is 0 Å². The molecule has 0 fully saturated rings. The van der Waals surface area contributed by atoms with E-state index in [0.29, 0.717) is 5.56 Å². The van der Waals surface area contributed by atoms with Crippen molar-refractivity contribution in [2.45, 2.75) is 27.6 Å². The van der Waals surface area contributed by atoms with E-state index in [-0.39, 0.29) is 5.46 Å². The van der Waals surface area contributed by atoms with Crippen LogP contribution in [0.4, 0.5) is 8.78 Å². The summed E-state index contributed by atoms with van der Waals surface area (Å²) in [5.41, 5.74) is 6.58. The summed E-state index contributed by atoms with van der Waals surface area (Å²) in [5, 5.41) is 0. The van der Waals surface area contributed by atoms with Crippen LogP contribution in [0.25, 0.3) is 0 Å². The van der Waals surface area contributed by atoms with Gasteiger partial charge < -0.3 is 0 Å². The molecular weight excluding hydrogens is 361 g/mol. The third-order valence-corrected chi connectivity index (χ3v) is 4.79. The first kappa shape index (κ1) is 20.4. The monoisotopic (exact) mass is 381 g/mol. The van der Waals surface area contributed by atoms with Gasteiger partial charge in [-0.15, -0.1) is 0 Å². The van der Waals surface area contributed by atoms with Crippen molar-refractivity contribution >= 4 is 12.7 Å². The van der Waals surface area contributed by atoms with Gasteiger partial charge in [-0.3, -0.25) is 0 Å². The van der Waals surface area contributed by atoms with E-state index in [1.807, 2.05) is 24.3 Å². The summed E-state index contributed by atoms with van der Waals surface area (Å²) in [6, 6.07) is 14.2. The maximum atomic E-state index is 13.8. The average Bonchev–Trinajstić information content (AvgIpc) is 2.69. The first-order valence-corrected chi connectivity index (χ1v) is 9.37. The fourth-order valence-corrected chi connectivity index (χ4v) is 2.95. The van der Waals surface area contributed by atoms with Crippen molar-refractivity contribution in [1.82, 2.24) is 0 Å². The minimum absolute atomic E-state index is 0.0301. The summed E-state index contributed by atoms with van der Waals surface area (Å²) in [6.07, 6.45) is 0. The molecule has 3 heteroatoms. The molecule has 0 aliphatic heterocycles. The van der Waals surface area contributed by atoms with E-state index in [2.05, 4.69) is 56.6 Å². The van der Waals surface area contributed by atoms with Gasteiger partial charge in [0.15, 0.2) is 7.28 Å². The summed E-state index contributed by atoms with van der Waals surface area (Å²) < 4.78 is 27.7. The number of hydrogen-bond donors (Lipinski definition) is 0. The molecule has 141 valence electrons. The second-order valence-corrected chi connectivity index (χ2v) is 6.97. The fraction of sp³-hybridized carbons (Fsp3) is 0.154. The normalized spacial score (nSPS) is 9.86. The molecule has 0 amide bonds. The standard InChI is InChI=1S/C26H20BF2/c1-17-13-19(3)23(14-18(17)2)12-11-21-7-5-20(6-8-21)9-10-22-15-24(28)26(27-4)25(29)16-22/h5-8,13-16H,1-4H3. The molecule has 0 spiro atoms. The summed E-state index contributed by atoms with van der Waals surface area (Å²) in [4.78, 5) is 0. The van der Waals surface area contributed by atoms with Gasteiger partial charge in [0.25, 0.3) is 0 Å². The summed E-state index contributed by atoms with van der Waals surface area (Å²) >= 11 is 0. The number of benzene rings is 3. The van der Waals surface area contributed by atoms with Gasteiger partial charge in [-0.25, -0.2) is 8.78 Å². The molecular formula is C26H20BF2. The van der Waals surface area contributed by atoms with Crippen molar-refractivity contribution in [3.8, 4) is 23.7 Å². The van der Waals surface area contributed by atoms with E-state index in [1.54, 1.807) is 6.82 Å². The third kappa shape index (κ3) is 4.95. The molecule has 0 unspecified atom stereocenters. The molecule has 3 aromatic rings. The van der Waals surface area contributed by atoms with E-state index < -0.39 is 11.6 Å². The molecule has 0 saturated heterocycles. The molecule has 0 aromatic heterocycles. The topological polar surface area (TPSA) is 0 Å². The fourth-order valence-electron chi connectivity index (χ4n) is 2.95. The maximum absolute atomic E-state index is 13.8. The smallest absolute Gasteiger partial charge is 0.156 e. The van der Waals surface area contributed by atoms with E-state index in [4.69, 9.17) is 0 Å². The molecule has 0 saturated carbocycles. The van der Waals surface area contributed by atoms with Crippen molar-refractivity contribution in [2.24, 2.45) is 0 Å². The van der Waals surface area contributed by atoms with Gasteiger partial charge in [0.1, 0.15) is 11.6 Å². The molecule has 0 N–H and O–H groups in total. The minimum Gasteiger partial charge on any atom is -0.207 e. The zero-order valence-corrected chi connectivity index (χ0v) is 17.0. The second-order valence-electron chi connectivity index (χ2n) is 6.97.